The smallest absolute Gasteiger partial charge is 0.135 e. The van der Waals surface area contributed by atoms with E-state index in [1.807, 2.05) is 48.5 Å². The lowest BCUT2D eigenvalue weighted by atomic mass is 10.0. The zero-order chi connectivity index (χ0) is 17.2. The van der Waals surface area contributed by atoms with Crippen LogP contribution in [0.3, 0.4) is 0 Å². The van der Waals surface area contributed by atoms with Crippen molar-refractivity contribution in [3.63, 3.8) is 0 Å². The van der Waals surface area contributed by atoms with Gasteiger partial charge in [0.25, 0.3) is 0 Å². The Morgan fingerprint density at radius 2 is 1.60 bits per heavy atom. The molecular weight excluding hydrogens is 316 g/mol. The molecule has 1 aliphatic rings. The molecule has 0 saturated carbocycles. The quantitative estimate of drug-likeness (QED) is 0.516. The van der Waals surface area contributed by atoms with Crippen molar-refractivity contribution < 1.29 is 19.3 Å². The van der Waals surface area contributed by atoms with Gasteiger partial charge in [0.1, 0.15) is 24.2 Å². The number of fused-ring (bicyclic) bond motifs is 2. The SMILES string of the molecule is CCC(COc1c2ccccc2c(O)c2ccccc12)OCC1CO1. The summed E-state index contributed by atoms with van der Waals surface area (Å²) in [5.74, 6) is 1.10. The molecule has 2 unspecified atom stereocenters. The van der Waals surface area contributed by atoms with Crippen LogP contribution in [0.25, 0.3) is 21.5 Å². The predicted molar refractivity (Wildman–Crippen MR) is 98.4 cm³/mol. The molecule has 0 aliphatic carbocycles. The molecule has 1 N–H and O–H groups in total. The topological polar surface area (TPSA) is 51.2 Å². The molecule has 1 fully saturated rings. The van der Waals surface area contributed by atoms with Crippen LogP contribution in [0.2, 0.25) is 0 Å². The second-order valence-corrected chi connectivity index (χ2v) is 6.40. The van der Waals surface area contributed by atoms with Crippen molar-refractivity contribution in [2.24, 2.45) is 0 Å². The summed E-state index contributed by atoms with van der Waals surface area (Å²) in [6.07, 6.45) is 1.15. The van der Waals surface area contributed by atoms with Crippen molar-refractivity contribution in [1.82, 2.24) is 0 Å². The summed E-state index contributed by atoms with van der Waals surface area (Å²) >= 11 is 0. The fourth-order valence-electron chi connectivity index (χ4n) is 3.09. The van der Waals surface area contributed by atoms with Gasteiger partial charge < -0.3 is 19.3 Å². The third kappa shape index (κ3) is 3.28. The molecule has 1 heterocycles. The maximum atomic E-state index is 10.6. The summed E-state index contributed by atoms with van der Waals surface area (Å²) in [7, 11) is 0. The van der Waals surface area contributed by atoms with E-state index in [4.69, 9.17) is 14.2 Å². The Balaban J connectivity index is 1.67. The minimum absolute atomic E-state index is 0.0236. The highest BCUT2D eigenvalue weighted by molar-refractivity contribution is 6.10. The summed E-state index contributed by atoms with van der Waals surface area (Å²) in [5.41, 5.74) is 0. The average molecular weight is 338 g/mol. The summed E-state index contributed by atoms with van der Waals surface area (Å²) < 4.78 is 17.3. The second-order valence-electron chi connectivity index (χ2n) is 6.40. The third-order valence-corrected chi connectivity index (χ3v) is 4.64. The highest BCUT2D eigenvalue weighted by atomic mass is 16.6. The molecule has 0 bridgehead atoms. The Hall–Kier alpha value is -2.30. The van der Waals surface area contributed by atoms with Gasteiger partial charge in [0.05, 0.1) is 19.3 Å². The number of hydrogen-bond acceptors (Lipinski definition) is 4. The fourth-order valence-corrected chi connectivity index (χ4v) is 3.09. The monoisotopic (exact) mass is 338 g/mol. The lowest BCUT2D eigenvalue weighted by Gasteiger charge is -2.19. The first kappa shape index (κ1) is 16.2. The number of phenolic OH excluding ortho intramolecular Hbond substituents is 1. The van der Waals surface area contributed by atoms with Crippen LogP contribution in [-0.2, 0) is 9.47 Å². The van der Waals surface area contributed by atoms with E-state index in [0.717, 1.165) is 40.3 Å². The van der Waals surface area contributed by atoms with Crippen LogP contribution in [-0.4, -0.2) is 37.1 Å². The Bertz CT molecular complexity index is 829. The second kappa shape index (κ2) is 6.90. The highest BCUT2D eigenvalue weighted by Crippen LogP contribution is 2.41. The van der Waals surface area contributed by atoms with E-state index in [0.29, 0.717) is 19.0 Å². The Morgan fingerprint density at radius 1 is 1.04 bits per heavy atom. The highest BCUT2D eigenvalue weighted by Gasteiger charge is 2.24. The van der Waals surface area contributed by atoms with Crippen LogP contribution in [0.4, 0.5) is 0 Å². The maximum Gasteiger partial charge on any atom is 0.135 e. The van der Waals surface area contributed by atoms with E-state index < -0.39 is 0 Å². The minimum Gasteiger partial charge on any atom is -0.507 e. The molecule has 130 valence electrons. The van der Waals surface area contributed by atoms with E-state index in [2.05, 4.69) is 6.92 Å². The van der Waals surface area contributed by atoms with Crippen LogP contribution in [0.5, 0.6) is 11.5 Å². The van der Waals surface area contributed by atoms with Crippen molar-refractivity contribution in [2.75, 3.05) is 19.8 Å². The predicted octanol–water partition coefficient (Wildman–Crippen LogP) is 4.27. The molecule has 1 saturated heterocycles. The molecule has 25 heavy (non-hydrogen) atoms. The van der Waals surface area contributed by atoms with Crippen LogP contribution < -0.4 is 4.74 Å². The maximum absolute atomic E-state index is 10.6. The molecule has 3 aromatic rings. The standard InChI is InChI=1S/C21H22O4/c1-2-14(23-12-15-13-24-15)11-25-21-18-9-5-3-7-16(18)20(22)17-8-4-6-10-19(17)21/h3-10,14-15,22H,2,11-13H2,1H3. The Kier molecular flexibility index (Phi) is 4.47. The lowest BCUT2D eigenvalue weighted by molar-refractivity contribution is 0.0114. The number of benzene rings is 3. The van der Waals surface area contributed by atoms with E-state index in [1.54, 1.807) is 0 Å². The van der Waals surface area contributed by atoms with Crippen LogP contribution >= 0.6 is 0 Å². The molecule has 4 heteroatoms. The van der Waals surface area contributed by atoms with Gasteiger partial charge in [-0.25, -0.2) is 0 Å². The Labute approximate surface area is 146 Å². The van der Waals surface area contributed by atoms with E-state index in [-0.39, 0.29) is 12.2 Å². The van der Waals surface area contributed by atoms with E-state index in [9.17, 15) is 5.11 Å². The molecule has 0 aromatic heterocycles. The summed E-state index contributed by atoms with van der Waals surface area (Å²) in [6.45, 7) is 3.99. The van der Waals surface area contributed by atoms with E-state index >= 15 is 0 Å². The van der Waals surface area contributed by atoms with Gasteiger partial charge in [-0.15, -0.1) is 0 Å². The van der Waals surface area contributed by atoms with Crippen molar-refractivity contribution >= 4 is 21.5 Å². The number of aromatic hydroxyl groups is 1. The normalized spacial score (nSPS) is 17.7. The molecule has 2 atom stereocenters. The first-order chi connectivity index (χ1) is 12.3. The Morgan fingerprint density at radius 3 is 2.12 bits per heavy atom. The summed E-state index contributed by atoms with van der Waals surface area (Å²) in [6, 6.07) is 15.6. The van der Waals surface area contributed by atoms with Gasteiger partial charge in [-0.3, -0.25) is 0 Å². The van der Waals surface area contributed by atoms with Crippen LogP contribution in [0.15, 0.2) is 48.5 Å². The fraction of sp³-hybridized carbons (Fsp3) is 0.333. The van der Waals surface area contributed by atoms with Gasteiger partial charge in [0.15, 0.2) is 0 Å². The summed E-state index contributed by atoms with van der Waals surface area (Å²) in [4.78, 5) is 0. The van der Waals surface area contributed by atoms with Crippen molar-refractivity contribution in [1.29, 1.82) is 0 Å². The summed E-state index contributed by atoms with van der Waals surface area (Å²) in [5, 5.41) is 14.1. The first-order valence-corrected chi connectivity index (χ1v) is 8.76. The van der Waals surface area contributed by atoms with Gasteiger partial charge >= 0.3 is 0 Å². The number of phenols is 1. The van der Waals surface area contributed by atoms with Crippen molar-refractivity contribution in [2.45, 2.75) is 25.6 Å². The van der Waals surface area contributed by atoms with Crippen LogP contribution in [0, 0.1) is 0 Å². The average Bonchev–Trinajstić information content (AvgIpc) is 3.48. The molecule has 0 amide bonds. The number of ether oxygens (including phenoxy) is 3. The molecule has 4 rings (SSSR count). The largest absolute Gasteiger partial charge is 0.507 e. The molecule has 4 nitrogen and oxygen atoms in total. The van der Waals surface area contributed by atoms with E-state index in [1.165, 1.54) is 0 Å². The number of epoxide rings is 1. The number of hydrogen-bond donors (Lipinski definition) is 1. The van der Waals surface area contributed by atoms with Gasteiger partial charge in [0, 0.05) is 21.5 Å². The number of rotatable bonds is 7. The van der Waals surface area contributed by atoms with Gasteiger partial charge in [-0.05, 0) is 6.42 Å². The van der Waals surface area contributed by atoms with Gasteiger partial charge in [-0.2, -0.15) is 0 Å². The van der Waals surface area contributed by atoms with Crippen molar-refractivity contribution in [3.8, 4) is 11.5 Å². The molecule has 0 radical (unpaired) electrons. The van der Waals surface area contributed by atoms with Gasteiger partial charge in [0.2, 0.25) is 0 Å². The molecule has 3 aromatic carbocycles. The molecular formula is C21H22O4. The van der Waals surface area contributed by atoms with Crippen molar-refractivity contribution in [3.05, 3.63) is 48.5 Å². The minimum atomic E-state index is 0.0236. The third-order valence-electron chi connectivity index (χ3n) is 4.64. The van der Waals surface area contributed by atoms with Crippen LogP contribution in [0.1, 0.15) is 13.3 Å². The first-order valence-electron chi connectivity index (χ1n) is 8.76. The zero-order valence-corrected chi connectivity index (χ0v) is 14.3. The zero-order valence-electron chi connectivity index (χ0n) is 14.3. The molecule has 0 spiro atoms. The molecule has 1 aliphatic heterocycles. The van der Waals surface area contributed by atoms with Gasteiger partial charge in [-0.1, -0.05) is 55.5 Å². The lowest BCUT2D eigenvalue weighted by Crippen LogP contribution is -2.23.